The van der Waals surface area contributed by atoms with Gasteiger partial charge in [-0.15, -0.1) is 11.3 Å². The molecule has 0 saturated carbocycles. The van der Waals surface area contributed by atoms with E-state index in [2.05, 4.69) is 12.2 Å². The molecule has 0 saturated heterocycles. The zero-order chi connectivity index (χ0) is 19.8. The molecule has 3 N–H and O–H groups in total. The molecule has 0 bridgehead atoms. The van der Waals surface area contributed by atoms with Crippen LogP contribution in [0.25, 0.3) is 0 Å². The largest absolute Gasteiger partial charge is 0.365 e. The van der Waals surface area contributed by atoms with Gasteiger partial charge in [-0.05, 0) is 48.4 Å². The molecule has 1 aliphatic carbocycles. The van der Waals surface area contributed by atoms with Gasteiger partial charge >= 0.3 is 0 Å². The van der Waals surface area contributed by atoms with Gasteiger partial charge in [-0.1, -0.05) is 19.1 Å². The van der Waals surface area contributed by atoms with Crippen molar-refractivity contribution in [3.05, 3.63) is 51.4 Å². The molecule has 0 radical (unpaired) electrons. The highest BCUT2D eigenvalue weighted by Crippen LogP contribution is 2.39. The van der Waals surface area contributed by atoms with Gasteiger partial charge in [-0.3, -0.25) is 9.59 Å². The van der Waals surface area contributed by atoms with Gasteiger partial charge in [-0.2, -0.15) is 0 Å². The van der Waals surface area contributed by atoms with E-state index in [1.165, 1.54) is 17.6 Å². The van der Waals surface area contributed by atoms with Crippen LogP contribution in [-0.4, -0.2) is 26.5 Å². The van der Waals surface area contributed by atoms with Gasteiger partial charge in [0.1, 0.15) is 5.00 Å². The molecule has 0 spiro atoms. The second-order valence-electron chi connectivity index (χ2n) is 7.14. The summed E-state index contributed by atoms with van der Waals surface area (Å²) < 4.78 is 22.7. The number of sulfone groups is 1. The van der Waals surface area contributed by atoms with Crippen LogP contribution in [0.1, 0.15) is 50.1 Å². The van der Waals surface area contributed by atoms with E-state index in [-0.39, 0.29) is 11.7 Å². The minimum atomic E-state index is -3.13. The maximum Gasteiger partial charge on any atom is 0.256 e. The number of benzene rings is 1. The number of nitrogens with one attached hydrogen (secondary N) is 1. The lowest BCUT2D eigenvalue weighted by Gasteiger charge is -2.18. The van der Waals surface area contributed by atoms with Crippen molar-refractivity contribution in [3.63, 3.8) is 0 Å². The van der Waals surface area contributed by atoms with E-state index in [4.69, 9.17) is 5.73 Å². The molecule has 27 heavy (non-hydrogen) atoms. The van der Waals surface area contributed by atoms with Crippen LogP contribution in [-0.2, 0) is 28.4 Å². The average molecular weight is 407 g/mol. The van der Waals surface area contributed by atoms with Crippen LogP contribution in [0.5, 0.6) is 0 Å². The average Bonchev–Trinajstić information content (AvgIpc) is 2.90. The Kier molecular flexibility index (Phi) is 5.39. The quantitative estimate of drug-likeness (QED) is 0.796. The number of anilines is 1. The molecule has 6 nitrogen and oxygen atoms in total. The van der Waals surface area contributed by atoms with E-state index in [1.807, 2.05) is 0 Å². The van der Waals surface area contributed by atoms with Crippen LogP contribution in [0.3, 0.4) is 0 Å². The molecule has 2 aromatic rings. The fraction of sp³-hybridized carbons (Fsp3) is 0.368. The third kappa shape index (κ3) is 4.56. The summed E-state index contributed by atoms with van der Waals surface area (Å²) in [7, 11) is -3.13. The van der Waals surface area contributed by atoms with Gasteiger partial charge in [0.25, 0.3) is 11.8 Å². The molecule has 1 aliphatic rings. The highest BCUT2D eigenvalue weighted by molar-refractivity contribution is 7.89. The van der Waals surface area contributed by atoms with Crippen molar-refractivity contribution in [2.45, 2.75) is 31.9 Å². The molecular weight excluding hydrogens is 384 g/mol. The van der Waals surface area contributed by atoms with E-state index in [9.17, 15) is 18.0 Å². The fourth-order valence-electron chi connectivity index (χ4n) is 3.33. The Hall–Kier alpha value is -2.19. The van der Waals surface area contributed by atoms with Crippen molar-refractivity contribution in [3.8, 4) is 0 Å². The van der Waals surface area contributed by atoms with Crippen LogP contribution in [0.2, 0.25) is 0 Å². The third-order valence-electron chi connectivity index (χ3n) is 4.63. The van der Waals surface area contributed by atoms with Crippen LogP contribution >= 0.6 is 11.3 Å². The number of nitrogens with two attached hydrogens (primary N) is 1. The third-order valence-corrected chi connectivity index (χ3v) is 6.66. The molecule has 0 fully saturated rings. The van der Waals surface area contributed by atoms with Crippen molar-refractivity contribution in [2.75, 3.05) is 11.6 Å². The monoisotopic (exact) mass is 406 g/mol. The van der Waals surface area contributed by atoms with Crippen molar-refractivity contribution >= 4 is 38.0 Å². The van der Waals surface area contributed by atoms with Crippen LogP contribution in [0.15, 0.2) is 24.3 Å². The summed E-state index contributed by atoms with van der Waals surface area (Å²) in [5.41, 5.74) is 7.96. The molecule has 1 atom stereocenters. The molecule has 144 valence electrons. The second-order valence-corrected chi connectivity index (χ2v) is 10.4. The summed E-state index contributed by atoms with van der Waals surface area (Å²) in [6.45, 7) is 2.17. The summed E-state index contributed by atoms with van der Waals surface area (Å²) in [6.07, 6.45) is 3.84. The highest BCUT2D eigenvalue weighted by atomic mass is 32.2. The Balaban J connectivity index is 1.83. The van der Waals surface area contributed by atoms with Gasteiger partial charge in [0, 0.05) is 16.7 Å². The predicted octanol–water partition coefficient (Wildman–Crippen LogP) is 2.77. The topological polar surface area (TPSA) is 106 Å². The number of thiophene rings is 1. The SMILES string of the molecule is CC1CCc2c(sc(NC(=O)c3ccc(CS(C)(=O)=O)cc3)c2C(N)=O)C1. The summed E-state index contributed by atoms with van der Waals surface area (Å²) in [6, 6.07) is 6.39. The number of primary amides is 1. The summed E-state index contributed by atoms with van der Waals surface area (Å²) in [5.74, 6) is -0.407. The van der Waals surface area contributed by atoms with Gasteiger partial charge in [0.2, 0.25) is 0 Å². The first-order valence-electron chi connectivity index (χ1n) is 8.66. The van der Waals surface area contributed by atoms with Gasteiger partial charge < -0.3 is 11.1 Å². The molecule has 1 aromatic carbocycles. The summed E-state index contributed by atoms with van der Waals surface area (Å²) in [4.78, 5) is 25.7. The minimum absolute atomic E-state index is 0.0729. The highest BCUT2D eigenvalue weighted by Gasteiger charge is 2.27. The maximum absolute atomic E-state index is 12.6. The van der Waals surface area contributed by atoms with Gasteiger partial charge in [-0.25, -0.2) is 8.42 Å². The maximum atomic E-state index is 12.6. The number of hydrogen-bond donors (Lipinski definition) is 2. The molecule has 1 heterocycles. The second kappa shape index (κ2) is 7.44. The van der Waals surface area contributed by atoms with Gasteiger partial charge in [0.05, 0.1) is 11.3 Å². The summed E-state index contributed by atoms with van der Waals surface area (Å²) >= 11 is 1.42. The first-order chi connectivity index (χ1) is 12.6. The lowest BCUT2D eigenvalue weighted by Crippen LogP contribution is -2.19. The van der Waals surface area contributed by atoms with E-state index in [1.54, 1.807) is 24.3 Å². The molecule has 3 rings (SSSR count). The molecule has 0 aliphatic heterocycles. The first-order valence-corrected chi connectivity index (χ1v) is 11.5. The van der Waals surface area contributed by atoms with Crippen molar-refractivity contribution in [2.24, 2.45) is 11.7 Å². The standard InChI is InChI=1S/C19H22N2O4S2/c1-11-3-8-14-15(9-11)26-19(16(14)17(20)22)21-18(23)13-6-4-12(5-7-13)10-27(2,24)25/h4-7,11H,3,8-10H2,1-2H3,(H2,20,22)(H,21,23). The Morgan fingerprint density at radius 1 is 1.26 bits per heavy atom. The Labute approximate surface area is 162 Å². The van der Waals surface area contributed by atoms with Crippen molar-refractivity contribution in [1.82, 2.24) is 0 Å². The molecule has 1 aromatic heterocycles. The number of rotatable bonds is 5. The zero-order valence-corrected chi connectivity index (χ0v) is 16.9. The number of carbonyl (C=O) groups excluding carboxylic acids is 2. The smallest absolute Gasteiger partial charge is 0.256 e. The van der Waals surface area contributed by atoms with E-state index in [0.717, 1.165) is 29.7 Å². The van der Waals surface area contributed by atoms with E-state index >= 15 is 0 Å². The minimum Gasteiger partial charge on any atom is -0.365 e. The number of carbonyl (C=O) groups is 2. The molecule has 8 heteroatoms. The Morgan fingerprint density at radius 3 is 2.52 bits per heavy atom. The van der Waals surface area contributed by atoms with E-state index in [0.29, 0.717) is 27.6 Å². The molecular formula is C19H22N2O4S2. The fourth-order valence-corrected chi connectivity index (χ4v) is 5.54. The van der Waals surface area contributed by atoms with Crippen LogP contribution < -0.4 is 11.1 Å². The number of amides is 2. The van der Waals surface area contributed by atoms with Crippen molar-refractivity contribution in [1.29, 1.82) is 0 Å². The number of hydrogen-bond acceptors (Lipinski definition) is 5. The Bertz CT molecular complexity index is 991. The first kappa shape index (κ1) is 19.6. The lowest BCUT2D eigenvalue weighted by molar-refractivity contribution is 0.1000. The normalized spacial score (nSPS) is 16.6. The van der Waals surface area contributed by atoms with Crippen molar-refractivity contribution < 1.29 is 18.0 Å². The van der Waals surface area contributed by atoms with Gasteiger partial charge in [0.15, 0.2) is 9.84 Å². The Morgan fingerprint density at radius 2 is 1.93 bits per heavy atom. The molecule has 1 unspecified atom stereocenters. The van der Waals surface area contributed by atoms with Crippen LogP contribution in [0.4, 0.5) is 5.00 Å². The lowest BCUT2D eigenvalue weighted by atomic mass is 9.88. The summed E-state index contributed by atoms with van der Waals surface area (Å²) in [5, 5.41) is 3.30. The van der Waals surface area contributed by atoms with Crippen LogP contribution in [0, 0.1) is 5.92 Å². The zero-order valence-electron chi connectivity index (χ0n) is 15.2. The van der Waals surface area contributed by atoms with E-state index < -0.39 is 15.7 Å². The molecule has 2 amide bonds. The number of fused-ring (bicyclic) bond motifs is 1. The predicted molar refractivity (Wildman–Crippen MR) is 107 cm³/mol.